The molecule has 0 bridgehead atoms. The largest absolute Gasteiger partial charge is 0.265 e. The van der Waals surface area contributed by atoms with Gasteiger partial charge in [0.1, 0.15) is 0 Å². The van der Waals surface area contributed by atoms with E-state index >= 15 is 0 Å². The van der Waals surface area contributed by atoms with Crippen LogP contribution < -0.4 is 0 Å². The average Bonchev–Trinajstić information content (AvgIpc) is 2.95. The first-order chi connectivity index (χ1) is 8.92. The third kappa shape index (κ3) is 2.30. The fourth-order valence-corrected chi connectivity index (χ4v) is 1.92. The Labute approximate surface area is 106 Å². The Kier molecular flexibility index (Phi) is 2.88. The van der Waals surface area contributed by atoms with Crippen molar-refractivity contribution in [3.63, 3.8) is 0 Å². The van der Waals surface area contributed by atoms with Gasteiger partial charge < -0.3 is 0 Å². The molecular weight excluding hydrogens is 222 g/mol. The summed E-state index contributed by atoms with van der Waals surface area (Å²) >= 11 is 0. The van der Waals surface area contributed by atoms with Crippen LogP contribution in [0.4, 0.5) is 0 Å². The topological polar surface area (TPSA) is 30.7 Å². The molecule has 0 aliphatic heterocycles. The van der Waals surface area contributed by atoms with Gasteiger partial charge in [-0.2, -0.15) is 5.10 Å². The molecule has 0 saturated carbocycles. The summed E-state index contributed by atoms with van der Waals surface area (Å²) in [6.45, 7) is 0. The minimum Gasteiger partial charge on any atom is -0.265 e. The molecule has 0 fully saturated rings. The van der Waals surface area contributed by atoms with Gasteiger partial charge in [0.2, 0.25) is 0 Å². The molecule has 0 atom stereocenters. The van der Waals surface area contributed by atoms with Gasteiger partial charge in [0, 0.05) is 24.8 Å². The number of hydrogen-bond donors (Lipinski definition) is 0. The van der Waals surface area contributed by atoms with Gasteiger partial charge in [-0.15, -0.1) is 0 Å². The summed E-state index contributed by atoms with van der Waals surface area (Å²) in [5.74, 6) is 0. The zero-order chi connectivity index (χ0) is 12.2. The van der Waals surface area contributed by atoms with E-state index in [0.29, 0.717) is 0 Å². The monoisotopic (exact) mass is 235 g/mol. The predicted molar refractivity (Wildman–Crippen MR) is 70.6 cm³/mol. The highest BCUT2D eigenvalue weighted by Gasteiger charge is 1.98. The van der Waals surface area contributed by atoms with Gasteiger partial charge in [-0.05, 0) is 47.9 Å². The molecule has 3 heteroatoms. The molecule has 88 valence electrons. The van der Waals surface area contributed by atoms with Crippen LogP contribution in [-0.2, 0) is 6.42 Å². The minimum absolute atomic E-state index is 0.932. The van der Waals surface area contributed by atoms with Gasteiger partial charge >= 0.3 is 0 Å². The summed E-state index contributed by atoms with van der Waals surface area (Å²) in [6, 6.07) is 14.5. The molecule has 0 N–H and O–H groups in total. The van der Waals surface area contributed by atoms with Crippen LogP contribution in [0.25, 0.3) is 5.69 Å². The van der Waals surface area contributed by atoms with Crippen LogP contribution >= 0.6 is 0 Å². The minimum atomic E-state index is 0.932. The second kappa shape index (κ2) is 4.84. The lowest BCUT2D eigenvalue weighted by Crippen LogP contribution is -1.95. The van der Waals surface area contributed by atoms with Gasteiger partial charge in [-0.1, -0.05) is 12.1 Å². The summed E-state index contributed by atoms with van der Waals surface area (Å²) in [4.78, 5) is 4.02. The quantitative estimate of drug-likeness (QED) is 0.699. The van der Waals surface area contributed by atoms with E-state index in [2.05, 4.69) is 34.3 Å². The van der Waals surface area contributed by atoms with E-state index in [1.54, 1.807) is 6.20 Å². The van der Waals surface area contributed by atoms with Gasteiger partial charge in [-0.3, -0.25) is 4.98 Å². The average molecular weight is 235 g/mol. The van der Waals surface area contributed by atoms with Crippen LogP contribution in [0.15, 0.2) is 67.3 Å². The first-order valence-electron chi connectivity index (χ1n) is 5.90. The van der Waals surface area contributed by atoms with Gasteiger partial charge in [0.25, 0.3) is 0 Å². The number of benzene rings is 1. The summed E-state index contributed by atoms with van der Waals surface area (Å²) in [5.41, 5.74) is 3.65. The highest BCUT2D eigenvalue weighted by molar-refractivity contribution is 5.35. The van der Waals surface area contributed by atoms with E-state index in [1.165, 1.54) is 11.1 Å². The van der Waals surface area contributed by atoms with Crippen LogP contribution in [0.1, 0.15) is 11.1 Å². The smallest absolute Gasteiger partial charge is 0.0645 e. The number of pyridine rings is 1. The molecule has 2 heterocycles. The summed E-state index contributed by atoms with van der Waals surface area (Å²) in [7, 11) is 0. The first-order valence-corrected chi connectivity index (χ1v) is 5.90. The Bertz CT molecular complexity index is 598. The molecule has 0 saturated heterocycles. The van der Waals surface area contributed by atoms with Gasteiger partial charge in [0.05, 0.1) is 5.69 Å². The Hall–Kier alpha value is -2.42. The van der Waals surface area contributed by atoms with Crippen molar-refractivity contribution >= 4 is 0 Å². The van der Waals surface area contributed by atoms with Crippen molar-refractivity contribution in [2.45, 2.75) is 6.42 Å². The van der Waals surface area contributed by atoms with Gasteiger partial charge in [0.15, 0.2) is 0 Å². The molecule has 0 radical (unpaired) electrons. The number of nitrogens with zero attached hydrogens (tertiary/aromatic N) is 3. The SMILES string of the molecule is c1cnn(-c2ccc(Cc3ccncc3)cc2)c1. The summed E-state index contributed by atoms with van der Waals surface area (Å²) in [6.07, 6.45) is 8.31. The van der Waals surface area contributed by atoms with E-state index in [1.807, 2.05) is 41.5 Å². The molecule has 3 aromatic rings. The highest BCUT2D eigenvalue weighted by Crippen LogP contribution is 2.12. The maximum atomic E-state index is 4.21. The van der Waals surface area contributed by atoms with Crippen LogP contribution in [0, 0.1) is 0 Å². The van der Waals surface area contributed by atoms with Crippen LogP contribution in [0.3, 0.4) is 0 Å². The lowest BCUT2D eigenvalue weighted by molar-refractivity contribution is 0.879. The Morgan fingerprint density at radius 1 is 0.833 bits per heavy atom. The normalized spacial score (nSPS) is 10.4. The molecular formula is C15H13N3. The van der Waals surface area contributed by atoms with Crippen molar-refractivity contribution in [2.75, 3.05) is 0 Å². The van der Waals surface area contributed by atoms with Crippen LogP contribution in [0.5, 0.6) is 0 Å². The molecule has 3 rings (SSSR count). The fraction of sp³-hybridized carbons (Fsp3) is 0.0667. The van der Waals surface area contributed by atoms with E-state index in [4.69, 9.17) is 0 Å². The molecule has 0 aliphatic carbocycles. The van der Waals surface area contributed by atoms with Crippen molar-refractivity contribution in [1.82, 2.24) is 14.8 Å². The lowest BCUT2D eigenvalue weighted by atomic mass is 10.1. The Morgan fingerprint density at radius 3 is 2.22 bits per heavy atom. The maximum Gasteiger partial charge on any atom is 0.0645 e. The molecule has 0 unspecified atom stereocenters. The van der Waals surface area contributed by atoms with E-state index in [0.717, 1.165) is 12.1 Å². The number of aromatic nitrogens is 3. The van der Waals surface area contributed by atoms with E-state index in [-0.39, 0.29) is 0 Å². The summed E-state index contributed by atoms with van der Waals surface area (Å²) in [5, 5.41) is 4.21. The second-order valence-corrected chi connectivity index (χ2v) is 4.15. The van der Waals surface area contributed by atoms with E-state index < -0.39 is 0 Å². The Balaban J connectivity index is 1.80. The number of hydrogen-bond acceptors (Lipinski definition) is 2. The third-order valence-corrected chi connectivity index (χ3v) is 2.86. The zero-order valence-electron chi connectivity index (χ0n) is 9.90. The molecule has 1 aromatic carbocycles. The molecule has 2 aromatic heterocycles. The van der Waals surface area contributed by atoms with Crippen molar-refractivity contribution in [2.24, 2.45) is 0 Å². The molecule has 0 aliphatic rings. The van der Waals surface area contributed by atoms with Crippen molar-refractivity contribution < 1.29 is 0 Å². The van der Waals surface area contributed by atoms with Crippen molar-refractivity contribution in [3.8, 4) is 5.69 Å². The Morgan fingerprint density at radius 2 is 1.56 bits per heavy atom. The predicted octanol–water partition coefficient (Wildman–Crippen LogP) is 2.86. The number of rotatable bonds is 3. The fourth-order valence-electron chi connectivity index (χ4n) is 1.92. The molecule has 3 nitrogen and oxygen atoms in total. The lowest BCUT2D eigenvalue weighted by Gasteiger charge is -2.04. The first kappa shape index (κ1) is 10.7. The highest BCUT2D eigenvalue weighted by atomic mass is 15.3. The van der Waals surface area contributed by atoms with Crippen LogP contribution in [0.2, 0.25) is 0 Å². The van der Waals surface area contributed by atoms with E-state index in [9.17, 15) is 0 Å². The molecule has 0 spiro atoms. The molecule has 0 amide bonds. The van der Waals surface area contributed by atoms with Crippen molar-refractivity contribution in [1.29, 1.82) is 0 Å². The van der Waals surface area contributed by atoms with Crippen molar-refractivity contribution in [3.05, 3.63) is 78.4 Å². The third-order valence-electron chi connectivity index (χ3n) is 2.86. The molecule has 18 heavy (non-hydrogen) atoms. The maximum absolute atomic E-state index is 4.21. The van der Waals surface area contributed by atoms with Gasteiger partial charge in [-0.25, -0.2) is 4.68 Å². The second-order valence-electron chi connectivity index (χ2n) is 4.15. The zero-order valence-corrected chi connectivity index (χ0v) is 9.90. The standard InChI is InChI=1S/C15H13N3/c1-8-17-18(11-1)15-4-2-13(3-5-15)12-14-6-9-16-10-7-14/h1-11H,12H2. The van der Waals surface area contributed by atoms with Crippen LogP contribution in [-0.4, -0.2) is 14.8 Å². The summed E-state index contributed by atoms with van der Waals surface area (Å²) < 4.78 is 1.86.